The number of pyridine rings is 1. The molecule has 1 aliphatic carbocycles. The summed E-state index contributed by atoms with van der Waals surface area (Å²) < 4.78 is 25.4. The Morgan fingerprint density at radius 1 is 1.15 bits per heavy atom. The number of amides is 1. The van der Waals surface area contributed by atoms with Crippen LogP contribution in [0.4, 0.5) is 10.2 Å². The number of piperidine rings is 1. The molecule has 3 aliphatic heterocycles. The van der Waals surface area contributed by atoms with Crippen LogP contribution in [-0.2, 0) is 14.3 Å². The first-order chi connectivity index (χ1) is 16.4. The van der Waals surface area contributed by atoms with E-state index in [9.17, 15) is 9.18 Å². The fraction of sp³-hybridized carbons (Fsp3) is 0.615. The molecule has 0 spiro atoms. The maximum Gasteiger partial charge on any atom is 0.229 e. The second kappa shape index (κ2) is 8.70. The highest BCUT2D eigenvalue weighted by Gasteiger charge is 2.55. The molecule has 34 heavy (non-hydrogen) atoms. The van der Waals surface area contributed by atoms with Crippen LogP contribution in [0.2, 0.25) is 5.02 Å². The van der Waals surface area contributed by atoms with Crippen LogP contribution in [0.5, 0.6) is 0 Å². The minimum atomic E-state index is -0.943. The molecule has 5 unspecified atom stereocenters. The predicted molar refractivity (Wildman–Crippen MR) is 129 cm³/mol. The molecule has 3 saturated heterocycles. The number of carbonyl (C=O) groups excluding carboxylic acids is 1. The van der Waals surface area contributed by atoms with Crippen molar-refractivity contribution >= 4 is 34.1 Å². The quantitative estimate of drug-likeness (QED) is 0.691. The Labute approximate surface area is 204 Å². The van der Waals surface area contributed by atoms with Gasteiger partial charge in [-0.1, -0.05) is 11.6 Å². The summed E-state index contributed by atoms with van der Waals surface area (Å²) in [5.74, 6) is 1.80. The van der Waals surface area contributed by atoms with Crippen molar-refractivity contribution in [3.05, 3.63) is 35.0 Å². The van der Waals surface area contributed by atoms with Crippen LogP contribution < -0.4 is 5.32 Å². The van der Waals surface area contributed by atoms with E-state index in [1.54, 1.807) is 6.20 Å². The number of rotatable bonds is 4. The maximum absolute atomic E-state index is 14.5. The number of alkyl halides is 1. The highest BCUT2D eigenvalue weighted by Crippen LogP contribution is 2.51. The molecule has 5 atom stereocenters. The van der Waals surface area contributed by atoms with Crippen LogP contribution in [0.3, 0.4) is 0 Å². The van der Waals surface area contributed by atoms with Crippen molar-refractivity contribution in [1.29, 1.82) is 0 Å². The standard InChI is InChI=1S/C26H31ClFN3O3/c1-26(14-34-13-22(26)28)31-5-2-15(3-6-31)19-8-16-10-23(29-11-17(16)9-21(19)27)30-25(32)24-18-4-7-33-12-20(18)24/h8-11,15,18,20,22,24H,2-7,12-14H2,1H3,(H,29,30,32). The number of carbonyl (C=O) groups is 1. The lowest BCUT2D eigenvalue weighted by molar-refractivity contribution is -0.117. The number of halogens is 2. The SMILES string of the molecule is CC1(N2CCC(c3cc4cc(NC(=O)C5C6CCOCC65)ncc4cc3Cl)CC2)COCC1F. The summed E-state index contributed by atoms with van der Waals surface area (Å²) in [5.41, 5.74) is 0.592. The Bertz CT molecular complexity index is 1100. The van der Waals surface area contributed by atoms with Gasteiger partial charge < -0.3 is 14.8 Å². The van der Waals surface area contributed by atoms with Crippen molar-refractivity contribution in [1.82, 2.24) is 9.88 Å². The van der Waals surface area contributed by atoms with E-state index in [4.69, 9.17) is 21.1 Å². The maximum atomic E-state index is 14.5. The molecule has 6 nitrogen and oxygen atoms in total. The highest BCUT2D eigenvalue weighted by atomic mass is 35.5. The van der Waals surface area contributed by atoms with Crippen LogP contribution in [0.1, 0.15) is 37.7 Å². The molecule has 1 saturated carbocycles. The highest BCUT2D eigenvalue weighted by molar-refractivity contribution is 6.32. The van der Waals surface area contributed by atoms with Crippen LogP contribution in [0.25, 0.3) is 10.8 Å². The second-order valence-corrected chi connectivity index (χ2v) is 11.0. The second-order valence-electron chi connectivity index (χ2n) is 10.6. The fourth-order valence-electron chi connectivity index (χ4n) is 6.30. The zero-order valence-corrected chi connectivity index (χ0v) is 20.2. The molecule has 8 heteroatoms. The minimum Gasteiger partial charge on any atom is -0.381 e. The number of fused-ring (bicyclic) bond motifs is 2. The Hall–Kier alpha value is -1.80. The smallest absolute Gasteiger partial charge is 0.229 e. The monoisotopic (exact) mass is 487 g/mol. The molecule has 4 heterocycles. The van der Waals surface area contributed by atoms with Crippen LogP contribution in [0.15, 0.2) is 24.4 Å². The van der Waals surface area contributed by atoms with E-state index >= 15 is 0 Å². The van der Waals surface area contributed by atoms with Gasteiger partial charge in [-0.2, -0.15) is 0 Å². The number of hydrogen-bond donors (Lipinski definition) is 1. The lowest BCUT2D eigenvalue weighted by atomic mass is 9.85. The van der Waals surface area contributed by atoms with E-state index in [1.165, 1.54) is 0 Å². The van der Waals surface area contributed by atoms with Gasteiger partial charge in [-0.05, 0) is 86.2 Å². The van der Waals surface area contributed by atoms with Gasteiger partial charge in [-0.15, -0.1) is 0 Å². The molecule has 6 rings (SSSR count). The van der Waals surface area contributed by atoms with Gasteiger partial charge in [-0.3, -0.25) is 9.69 Å². The number of likely N-dealkylation sites (tertiary alicyclic amines) is 1. The van der Waals surface area contributed by atoms with Crippen LogP contribution >= 0.6 is 11.6 Å². The molecular weight excluding hydrogens is 457 g/mol. The molecule has 0 bridgehead atoms. The normalized spacial score (nSPS) is 34.2. The number of nitrogens with zero attached hydrogens (tertiary/aromatic N) is 2. The summed E-state index contributed by atoms with van der Waals surface area (Å²) in [6.07, 6.45) is 3.65. The predicted octanol–water partition coefficient (Wildman–Crippen LogP) is 4.42. The molecule has 1 aromatic heterocycles. The van der Waals surface area contributed by atoms with Gasteiger partial charge in [0, 0.05) is 29.1 Å². The Kier molecular flexibility index (Phi) is 5.79. The molecule has 1 N–H and O–H groups in total. The number of anilines is 1. The summed E-state index contributed by atoms with van der Waals surface area (Å²) in [6, 6.07) is 6.04. The van der Waals surface area contributed by atoms with E-state index in [1.807, 2.05) is 19.1 Å². The Morgan fingerprint density at radius 3 is 2.68 bits per heavy atom. The molecule has 4 aliphatic rings. The third-order valence-electron chi connectivity index (χ3n) is 8.62. The number of aromatic nitrogens is 1. The molecule has 2 aromatic rings. The first-order valence-electron chi connectivity index (χ1n) is 12.4. The summed E-state index contributed by atoms with van der Waals surface area (Å²) in [6.45, 7) is 5.70. The van der Waals surface area contributed by atoms with E-state index in [0.717, 1.165) is 60.3 Å². The van der Waals surface area contributed by atoms with Crippen molar-refractivity contribution in [2.24, 2.45) is 17.8 Å². The number of hydrogen-bond acceptors (Lipinski definition) is 5. The zero-order valence-electron chi connectivity index (χ0n) is 19.4. The van der Waals surface area contributed by atoms with Gasteiger partial charge in [0.05, 0.1) is 25.4 Å². The summed E-state index contributed by atoms with van der Waals surface area (Å²) in [5, 5.41) is 5.73. The van der Waals surface area contributed by atoms with E-state index < -0.39 is 11.7 Å². The third-order valence-corrected chi connectivity index (χ3v) is 8.95. The average Bonchev–Trinajstić information content (AvgIpc) is 3.48. The van der Waals surface area contributed by atoms with E-state index in [-0.39, 0.29) is 18.4 Å². The number of nitrogens with one attached hydrogen (secondary N) is 1. The minimum absolute atomic E-state index is 0.0435. The van der Waals surface area contributed by atoms with Crippen molar-refractivity contribution in [2.45, 2.75) is 43.8 Å². The van der Waals surface area contributed by atoms with Gasteiger partial charge in [-0.25, -0.2) is 9.37 Å². The topological polar surface area (TPSA) is 63.7 Å². The first kappa shape index (κ1) is 22.7. The van der Waals surface area contributed by atoms with Crippen molar-refractivity contribution in [3.8, 4) is 0 Å². The van der Waals surface area contributed by atoms with Crippen LogP contribution in [0, 0.1) is 17.8 Å². The first-order valence-corrected chi connectivity index (χ1v) is 12.8. The Morgan fingerprint density at radius 2 is 1.97 bits per heavy atom. The third kappa shape index (κ3) is 3.91. The van der Waals surface area contributed by atoms with Crippen LogP contribution in [-0.4, -0.2) is 67.0 Å². The number of benzene rings is 1. The molecule has 1 aromatic carbocycles. The lowest BCUT2D eigenvalue weighted by Crippen LogP contribution is -2.55. The Balaban J connectivity index is 1.16. The summed E-state index contributed by atoms with van der Waals surface area (Å²) in [4.78, 5) is 19.5. The zero-order chi connectivity index (χ0) is 23.4. The average molecular weight is 488 g/mol. The van der Waals surface area contributed by atoms with Gasteiger partial charge in [0.25, 0.3) is 0 Å². The molecule has 4 fully saturated rings. The van der Waals surface area contributed by atoms with Crippen molar-refractivity contribution < 1.29 is 18.7 Å². The van der Waals surface area contributed by atoms with Crippen molar-refractivity contribution in [3.63, 3.8) is 0 Å². The molecular formula is C26H31ClFN3O3. The van der Waals surface area contributed by atoms with Gasteiger partial charge in [0.1, 0.15) is 12.0 Å². The molecule has 182 valence electrons. The van der Waals surface area contributed by atoms with Gasteiger partial charge in [0.15, 0.2) is 0 Å². The van der Waals surface area contributed by atoms with E-state index in [0.29, 0.717) is 36.8 Å². The largest absolute Gasteiger partial charge is 0.381 e. The lowest BCUT2D eigenvalue weighted by Gasteiger charge is -2.43. The van der Waals surface area contributed by atoms with Crippen molar-refractivity contribution in [2.75, 3.05) is 44.8 Å². The van der Waals surface area contributed by atoms with Gasteiger partial charge in [0.2, 0.25) is 5.91 Å². The molecule has 0 radical (unpaired) electrons. The number of ether oxygens (including phenoxy) is 2. The summed E-state index contributed by atoms with van der Waals surface area (Å²) >= 11 is 6.69. The molecule has 1 amide bonds. The fourth-order valence-corrected chi connectivity index (χ4v) is 6.62. The van der Waals surface area contributed by atoms with Gasteiger partial charge >= 0.3 is 0 Å². The van der Waals surface area contributed by atoms with E-state index in [2.05, 4.69) is 21.3 Å². The summed E-state index contributed by atoms with van der Waals surface area (Å²) in [7, 11) is 0.